The lowest BCUT2D eigenvalue weighted by atomic mass is 10.2. The van der Waals surface area contributed by atoms with E-state index >= 15 is 0 Å². The van der Waals surface area contributed by atoms with E-state index in [-0.39, 0.29) is 5.69 Å². The Balaban J connectivity index is 2.13. The number of aromatic nitrogens is 4. The average Bonchev–Trinajstić information content (AvgIpc) is 3.03. The standard InChI is InChI=1S/C11H8IN4O2P/c12-19-16-5-13-4-9(16)7-2-1-6-3-8(11(17)18)15-10(6)14-7/h1-5,19H,(H,14,15)(H,17,18). The number of carboxylic acids is 1. The van der Waals surface area contributed by atoms with Crippen molar-refractivity contribution in [2.45, 2.75) is 0 Å². The summed E-state index contributed by atoms with van der Waals surface area (Å²) < 4.78 is 2.00. The van der Waals surface area contributed by atoms with E-state index in [9.17, 15) is 4.79 Å². The lowest BCUT2D eigenvalue weighted by Crippen LogP contribution is -1.95. The van der Waals surface area contributed by atoms with Crippen molar-refractivity contribution < 1.29 is 9.90 Å². The number of aromatic carboxylic acids is 1. The van der Waals surface area contributed by atoms with E-state index in [4.69, 9.17) is 5.11 Å². The van der Waals surface area contributed by atoms with Crippen molar-refractivity contribution in [1.82, 2.24) is 19.3 Å². The number of aromatic amines is 1. The predicted molar refractivity (Wildman–Crippen MR) is 82.0 cm³/mol. The predicted octanol–water partition coefficient (Wildman–Crippen LogP) is 2.92. The zero-order valence-electron chi connectivity index (χ0n) is 9.46. The summed E-state index contributed by atoms with van der Waals surface area (Å²) in [5.41, 5.74) is 2.40. The van der Waals surface area contributed by atoms with Gasteiger partial charge < -0.3 is 14.4 Å². The van der Waals surface area contributed by atoms with Crippen LogP contribution in [0.3, 0.4) is 0 Å². The van der Waals surface area contributed by atoms with Crippen molar-refractivity contribution in [3.05, 3.63) is 36.4 Å². The number of rotatable bonds is 3. The minimum absolute atomic E-state index is 0.143. The molecule has 19 heavy (non-hydrogen) atoms. The van der Waals surface area contributed by atoms with E-state index in [0.717, 1.165) is 16.8 Å². The van der Waals surface area contributed by atoms with Gasteiger partial charge in [0.25, 0.3) is 0 Å². The van der Waals surface area contributed by atoms with Gasteiger partial charge in [-0.15, -0.1) is 0 Å². The zero-order valence-corrected chi connectivity index (χ0v) is 12.6. The fourth-order valence-corrected chi connectivity index (χ4v) is 3.34. The second-order valence-corrected chi connectivity index (χ2v) is 5.95. The van der Waals surface area contributed by atoms with Crippen LogP contribution in [-0.4, -0.2) is 30.4 Å². The van der Waals surface area contributed by atoms with E-state index in [2.05, 4.69) is 37.0 Å². The lowest BCUT2D eigenvalue weighted by molar-refractivity contribution is 0.0691. The first-order valence-corrected chi connectivity index (χ1v) is 9.37. The van der Waals surface area contributed by atoms with Crippen LogP contribution in [0.1, 0.15) is 10.5 Å². The van der Waals surface area contributed by atoms with Crippen LogP contribution >= 0.6 is 28.4 Å². The van der Waals surface area contributed by atoms with Gasteiger partial charge in [-0.25, -0.2) is 14.8 Å². The van der Waals surface area contributed by atoms with Crippen LogP contribution < -0.4 is 0 Å². The maximum Gasteiger partial charge on any atom is 0.352 e. The van der Waals surface area contributed by atoms with E-state index < -0.39 is 5.97 Å². The number of hydrogen-bond donors (Lipinski definition) is 2. The summed E-state index contributed by atoms with van der Waals surface area (Å²) in [4.78, 5) is 22.3. The number of fused-ring (bicyclic) bond motifs is 1. The summed E-state index contributed by atoms with van der Waals surface area (Å²) in [5.74, 6) is -0.988. The van der Waals surface area contributed by atoms with Crippen molar-refractivity contribution in [2.24, 2.45) is 0 Å². The molecule has 0 aliphatic rings. The molecule has 96 valence electrons. The molecule has 1 atom stereocenters. The highest BCUT2D eigenvalue weighted by molar-refractivity contribution is 14.2. The molecule has 1 unspecified atom stereocenters. The Hall–Kier alpha value is -1.47. The first kappa shape index (κ1) is 12.6. The van der Waals surface area contributed by atoms with Gasteiger partial charge in [0, 0.05) is 11.8 Å². The summed E-state index contributed by atoms with van der Waals surface area (Å²) in [6, 6.07) is 5.30. The Morgan fingerprint density at radius 3 is 3.05 bits per heavy atom. The highest BCUT2D eigenvalue weighted by Crippen LogP contribution is 2.30. The Labute approximate surface area is 122 Å². The molecule has 0 aliphatic carbocycles. The van der Waals surface area contributed by atoms with Gasteiger partial charge in [-0.2, -0.15) is 0 Å². The van der Waals surface area contributed by atoms with Crippen molar-refractivity contribution in [3.63, 3.8) is 0 Å². The zero-order chi connectivity index (χ0) is 13.4. The molecule has 0 spiro atoms. The Bertz CT molecular complexity index is 767. The van der Waals surface area contributed by atoms with Gasteiger partial charge in [0.15, 0.2) is 0 Å². The second kappa shape index (κ2) is 4.90. The third kappa shape index (κ3) is 2.23. The third-order valence-corrected chi connectivity index (χ3v) is 4.80. The summed E-state index contributed by atoms with van der Waals surface area (Å²) in [5, 5.41) is 9.73. The van der Waals surface area contributed by atoms with Crippen LogP contribution in [-0.2, 0) is 0 Å². The minimum atomic E-state index is -0.988. The average molecular weight is 386 g/mol. The topological polar surface area (TPSA) is 83.8 Å². The summed E-state index contributed by atoms with van der Waals surface area (Å²) in [6.07, 6.45) is 4.04. The molecule has 0 saturated heterocycles. The van der Waals surface area contributed by atoms with Gasteiger partial charge in [-0.05, 0) is 40.2 Å². The van der Waals surface area contributed by atoms with Crippen LogP contribution in [0.2, 0.25) is 0 Å². The molecule has 0 aliphatic heterocycles. The van der Waals surface area contributed by atoms with Crippen LogP contribution in [0.5, 0.6) is 0 Å². The van der Waals surface area contributed by atoms with Crippen molar-refractivity contribution >= 4 is 45.4 Å². The molecular weight excluding hydrogens is 378 g/mol. The molecule has 6 nitrogen and oxygen atoms in total. The SMILES string of the molecule is O=C(O)c1cc2ccc(-c3cncn3PI)nc2[nH]1. The van der Waals surface area contributed by atoms with Crippen molar-refractivity contribution in [1.29, 1.82) is 0 Å². The smallest absolute Gasteiger partial charge is 0.352 e. The van der Waals surface area contributed by atoms with E-state index in [1.54, 1.807) is 18.6 Å². The Morgan fingerprint density at radius 2 is 2.32 bits per heavy atom. The lowest BCUT2D eigenvalue weighted by Gasteiger charge is -2.03. The van der Waals surface area contributed by atoms with Gasteiger partial charge in [-0.1, -0.05) is 0 Å². The fraction of sp³-hybridized carbons (Fsp3) is 0. The maximum absolute atomic E-state index is 10.9. The molecule has 0 radical (unpaired) electrons. The van der Waals surface area contributed by atoms with Crippen molar-refractivity contribution in [3.8, 4) is 11.4 Å². The first-order chi connectivity index (χ1) is 9.19. The largest absolute Gasteiger partial charge is 0.477 e. The van der Waals surface area contributed by atoms with Gasteiger partial charge in [0.05, 0.1) is 23.9 Å². The fourth-order valence-electron chi connectivity index (χ4n) is 1.82. The minimum Gasteiger partial charge on any atom is -0.477 e. The first-order valence-electron chi connectivity index (χ1n) is 5.31. The van der Waals surface area contributed by atoms with Gasteiger partial charge >= 0.3 is 5.97 Å². The van der Waals surface area contributed by atoms with Gasteiger partial charge in [0.1, 0.15) is 11.3 Å². The molecular formula is C11H8IN4O2P. The number of imidazole rings is 1. The molecule has 0 amide bonds. The van der Waals surface area contributed by atoms with E-state index in [1.165, 1.54) is 0 Å². The summed E-state index contributed by atoms with van der Waals surface area (Å²) in [6.45, 7) is 0. The molecule has 2 N–H and O–H groups in total. The number of pyridine rings is 1. The molecule has 3 aromatic rings. The maximum atomic E-state index is 10.9. The quantitative estimate of drug-likeness (QED) is 0.536. The Morgan fingerprint density at radius 1 is 1.47 bits per heavy atom. The number of nitrogens with zero attached hydrogens (tertiary/aromatic N) is 3. The molecule has 0 aromatic carbocycles. The van der Waals surface area contributed by atoms with Crippen LogP contribution in [0.25, 0.3) is 22.4 Å². The summed E-state index contributed by atoms with van der Waals surface area (Å²) >= 11 is 2.27. The number of carboxylic acid groups (broad SMARTS) is 1. The number of carbonyl (C=O) groups is 1. The number of H-pyrrole nitrogens is 1. The van der Waals surface area contributed by atoms with Crippen molar-refractivity contribution in [2.75, 3.05) is 0 Å². The number of nitrogens with one attached hydrogen (secondary N) is 1. The molecule has 0 fully saturated rings. The van der Waals surface area contributed by atoms with Crippen LogP contribution in [0, 0.1) is 0 Å². The molecule has 8 heteroatoms. The van der Waals surface area contributed by atoms with Crippen LogP contribution in [0.4, 0.5) is 0 Å². The molecule has 0 bridgehead atoms. The highest BCUT2D eigenvalue weighted by Gasteiger charge is 2.11. The van der Waals surface area contributed by atoms with Gasteiger partial charge in [-0.3, -0.25) is 0 Å². The summed E-state index contributed by atoms with van der Waals surface area (Å²) in [7, 11) is 0. The number of hydrogen-bond acceptors (Lipinski definition) is 3. The normalized spacial score (nSPS) is 11.6. The monoisotopic (exact) mass is 386 g/mol. The third-order valence-electron chi connectivity index (χ3n) is 2.70. The Kier molecular flexibility index (Phi) is 3.24. The van der Waals surface area contributed by atoms with Gasteiger partial charge in [0.2, 0.25) is 0 Å². The molecule has 0 saturated carbocycles. The molecule has 3 heterocycles. The molecule has 3 aromatic heterocycles. The number of halogens is 1. The van der Waals surface area contributed by atoms with Crippen LogP contribution in [0.15, 0.2) is 30.7 Å². The highest BCUT2D eigenvalue weighted by atomic mass is 127. The van der Waals surface area contributed by atoms with E-state index in [0.29, 0.717) is 12.0 Å². The molecule has 3 rings (SSSR count). The second-order valence-electron chi connectivity index (χ2n) is 3.86. The van der Waals surface area contributed by atoms with E-state index in [1.807, 2.05) is 16.5 Å².